The third-order valence-electron chi connectivity index (χ3n) is 3.55. The molecule has 1 fully saturated rings. The minimum atomic E-state index is -0.701. The minimum absolute atomic E-state index is 0.226. The van der Waals surface area contributed by atoms with Gasteiger partial charge in [0.1, 0.15) is 6.04 Å². The van der Waals surface area contributed by atoms with Crippen LogP contribution in [-0.4, -0.2) is 47.2 Å². The summed E-state index contributed by atoms with van der Waals surface area (Å²) in [6.07, 6.45) is 6.52. The second-order valence-corrected chi connectivity index (χ2v) is 6.15. The fourth-order valence-corrected chi connectivity index (χ4v) is 2.89. The molecule has 0 aromatic carbocycles. The maximum Gasteiger partial charge on any atom is 0.312 e. The molecule has 0 aromatic heterocycles. The lowest BCUT2D eigenvalue weighted by atomic mass is 10.1. The molecule has 0 bridgehead atoms. The molecular weight excluding hydrogens is 278 g/mol. The Labute approximate surface area is 124 Å². The Bertz CT molecular complexity index is 328. The highest BCUT2D eigenvalue weighted by molar-refractivity contribution is 7.98. The first-order chi connectivity index (χ1) is 9.54. The normalized spacial score (nSPS) is 24.5. The van der Waals surface area contributed by atoms with E-state index in [9.17, 15) is 14.7 Å². The number of nitrogens with two attached hydrogens (primary N) is 1. The van der Waals surface area contributed by atoms with E-state index in [1.165, 1.54) is 0 Å². The number of urea groups is 1. The number of carbonyl (C=O) groups excluding carboxylic acids is 2. The molecule has 6 nitrogen and oxygen atoms in total. The highest BCUT2D eigenvalue weighted by Crippen LogP contribution is 2.18. The van der Waals surface area contributed by atoms with Gasteiger partial charge in [-0.3, -0.25) is 4.79 Å². The Hall–Kier alpha value is -0.950. The van der Waals surface area contributed by atoms with Crippen molar-refractivity contribution in [1.29, 1.82) is 0 Å². The smallest absolute Gasteiger partial charge is 0.312 e. The van der Waals surface area contributed by atoms with Gasteiger partial charge in [0.05, 0.1) is 12.1 Å². The lowest BCUT2D eigenvalue weighted by molar-refractivity contribution is -0.124. The lowest BCUT2D eigenvalue weighted by Crippen LogP contribution is -2.53. The van der Waals surface area contributed by atoms with Gasteiger partial charge < -0.3 is 21.5 Å². The Morgan fingerprint density at radius 2 is 2.05 bits per heavy atom. The Kier molecular flexibility index (Phi) is 7.76. The number of thioether (sulfide) groups is 1. The first kappa shape index (κ1) is 17.1. The average Bonchev–Trinajstić information content (AvgIpc) is 2.59. The van der Waals surface area contributed by atoms with Crippen LogP contribution in [0, 0.1) is 0 Å². The third-order valence-corrected chi connectivity index (χ3v) is 4.19. The molecule has 1 aliphatic rings. The van der Waals surface area contributed by atoms with Crippen LogP contribution in [0.3, 0.4) is 0 Å². The molecular formula is C13H25N3O3S. The maximum atomic E-state index is 12.2. The summed E-state index contributed by atoms with van der Waals surface area (Å²) in [6, 6.07) is -1.56. The molecule has 1 rings (SSSR count). The van der Waals surface area contributed by atoms with E-state index in [4.69, 9.17) is 5.73 Å². The van der Waals surface area contributed by atoms with Gasteiger partial charge in [-0.15, -0.1) is 0 Å². The maximum absolute atomic E-state index is 12.2. The second-order valence-electron chi connectivity index (χ2n) is 5.16. The van der Waals surface area contributed by atoms with Crippen LogP contribution in [0.1, 0.15) is 38.5 Å². The van der Waals surface area contributed by atoms with Crippen molar-refractivity contribution < 1.29 is 14.7 Å². The van der Waals surface area contributed by atoms with Gasteiger partial charge in [0.15, 0.2) is 0 Å². The topological polar surface area (TPSA) is 104 Å². The number of carbonyl (C=O) groups is 2. The van der Waals surface area contributed by atoms with E-state index in [2.05, 4.69) is 10.6 Å². The number of aliphatic hydroxyl groups is 1. The van der Waals surface area contributed by atoms with Crippen molar-refractivity contribution in [3.8, 4) is 0 Å². The molecule has 0 spiro atoms. The average molecular weight is 303 g/mol. The van der Waals surface area contributed by atoms with Gasteiger partial charge in [0.25, 0.3) is 0 Å². The predicted molar refractivity (Wildman–Crippen MR) is 80.5 cm³/mol. The number of rotatable bonds is 6. The number of hydrogen-bond acceptors (Lipinski definition) is 4. The summed E-state index contributed by atoms with van der Waals surface area (Å²) >= 11 is 1.60. The van der Waals surface area contributed by atoms with Crippen molar-refractivity contribution >= 4 is 23.7 Å². The van der Waals surface area contributed by atoms with Crippen molar-refractivity contribution in [2.45, 2.75) is 56.7 Å². The van der Waals surface area contributed by atoms with Crippen molar-refractivity contribution in [3.05, 3.63) is 0 Å². The molecule has 1 saturated carbocycles. The van der Waals surface area contributed by atoms with Crippen LogP contribution in [-0.2, 0) is 4.79 Å². The number of amides is 3. The second kappa shape index (κ2) is 9.07. The molecule has 7 heteroatoms. The van der Waals surface area contributed by atoms with Crippen LogP contribution in [0.4, 0.5) is 4.79 Å². The quantitative estimate of drug-likeness (QED) is 0.539. The zero-order valence-corrected chi connectivity index (χ0v) is 12.7. The fraction of sp³-hybridized carbons (Fsp3) is 0.846. The van der Waals surface area contributed by atoms with Crippen molar-refractivity contribution in [2.75, 3.05) is 12.0 Å². The summed E-state index contributed by atoms with van der Waals surface area (Å²) < 4.78 is 0. The highest BCUT2D eigenvalue weighted by Gasteiger charge is 2.27. The number of primary amides is 1. The van der Waals surface area contributed by atoms with Crippen LogP contribution in [0.5, 0.6) is 0 Å². The van der Waals surface area contributed by atoms with Crippen LogP contribution in [0.25, 0.3) is 0 Å². The zero-order valence-electron chi connectivity index (χ0n) is 11.9. The van der Waals surface area contributed by atoms with Crippen molar-refractivity contribution in [1.82, 2.24) is 10.6 Å². The predicted octanol–water partition coefficient (Wildman–Crippen LogP) is 0.586. The molecule has 0 aromatic rings. The van der Waals surface area contributed by atoms with Crippen LogP contribution in [0.2, 0.25) is 0 Å². The number of nitrogens with one attached hydrogen (secondary N) is 2. The summed E-state index contributed by atoms with van der Waals surface area (Å²) in [5, 5.41) is 15.3. The van der Waals surface area contributed by atoms with Gasteiger partial charge in [-0.2, -0.15) is 11.8 Å². The fourth-order valence-electron chi connectivity index (χ4n) is 2.42. The minimum Gasteiger partial charge on any atom is -0.391 e. The molecule has 0 aliphatic heterocycles. The van der Waals surface area contributed by atoms with Crippen LogP contribution >= 0.6 is 11.8 Å². The molecule has 0 saturated heterocycles. The first-order valence-electron chi connectivity index (χ1n) is 7.08. The van der Waals surface area contributed by atoms with E-state index in [0.717, 1.165) is 31.4 Å². The molecule has 116 valence electrons. The summed E-state index contributed by atoms with van der Waals surface area (Å²) in [6.45, 7) is 0. The SMILES string of the molecule is CSCCC(NC(N)=O)C(=O)NC1CCCCCC1O. The summed E-state index contributed by atoms with van der Waals surface area (Å²) in [4.78, 5) is 23.2. The van der Waals surface area contributed by atoms with Crippen LogP contribution < -0.4 is 16.4 Å². The van der Waals surface area contributed by atoms with Crippen molar-refractivity contribution in [3.63, 3.8) is 0 Å². The summed E-state index contributed by atoms with van der Waals surface area (Å²) in [5.74, 6) is 0.495. The van der Waals surface area contributed by atoms with Crippen LogP contribution in [0.15, 0.2) is 0 Å². The molecule has 5 N–H and O–H groups in total. The molecule has 3 amide bonds. The van der Waals surface area contributed by atoms with E-state index in [-0.39, 0.29) is 11.9 Å². The highest BCUT2D eigenvalue weighted by atomic mass is 32.2. The monoisotopic (exact) mass is 303 g/mol. The first-order valence-corrected chi connectivity index (χ1v) is 8.47. The van der Waals surface area contributed by atoms with E-state index in [0.29, 0.717) is 12.8 Å². The van der Waals surface area contributed by atoms with E-state index in [1.807, 2.05) is 6.26 Å². The van der Waals surface area contributed by atoms with Gasteiger partial charge in [0.2, 0.25) is 5.91 Å². The molecule has 0 heterocycles. The number of aliphatic hydroxyl groups excluding tert-OH is 1. The Balaban J connectivity index is 2.56. The Morgan fingerprint density at radius 3 is 2.70 bits per heavy atom. The Morgan fingerprint density at radius 1 is 1.35 bits per heavy atom. The van der Waals surface area contributed by atoms with Gasteiger partial charge in [-0.25, -0.2) is 4.79 Å². The van der Waals surface area contributed by atoms with E-state index >= 15 is 0 Å². The third kappa shape index (κ3) is 6.00. The van der Waals surface area contributed by atoms with Gasteiger partial charge in [-0.1, -0.05) is 19.3 Å². The molecule has 1 aliphatic carbocycles. The van der Waals surface area contributed by atoms with Gasteiger partial charge in [-0.05, 0) is 31.3 Å². The zero-order chi connectivity index (χ0) is 15.0. The standard InChI is InChI=1S/C13H25N3O3S/c1-20-8-7-10(16-13(14)19)12(18)15-9-5-3-2-4-6-11(9)17/h9-11,17H,2-8H2,1H3,(H,15,18)(H3,14,16,19). The lowest BCUT2D eigenvalue weighted by Gasteiger charge is -2.25. The van der Waals surface area contributed by atoms with Gasteiger partial charge >= 0.3 is 6.03 Å². The summed E-state index contributed by atoms with van der Waals surface area (Å²) in [7, 11) is 0. The number of hydrogen-bond donors (Lipinski definition) is 4. The largest absolute Gasteiger partial charge is 0.391 e. The molecule has 0 radical (unpaired) electrons. The van der Waals surface area contributed by atoms with Crippen molar-refractivity contribution in [2.24, 2.45) is 5.73 Å². The molecule has 3 atom stereocenters. The van der Waals surface area contributed by atoms with E-state index in [1.54, 1.807) is 11.8 Å². The summed E-state index contributed by atoms with van der Waals surface area (Å²) in [5.41, 5.74) is 5.10. The molecule has 3 unspecified atom stereocenters. The molecule has 20 heavy (non-hydrogen) atoms. The van der Waals surface area contributed by atoms with Gasteiger partial charge in [0, 0.05) is 0 Å². The van der Waals surface area contributed by atoms with E-state index < -0.39 is 18.2 Å².